The molecule has 1 rings (SSSR count). The van der Waals surface area contributed by atoms with Gasteiger partial charge in [-0.15, -0.1) is 0 Å². The largest absolute Gasteiger partial charge is 0.314 e. The van der Waals surface area contributed by atoms with Crippen LogP contribution in [0, 0.1) is 0 Å². The zero-order valence-corrected chi connectivity index (χ0v) is 9.92. The molecule has 0 saturated carbocycles. The van der Waals surface area contributed by atoms with E-state index in [2.05, 4.69) is 10.4 Å². The van der Waals surface area contributed by atoms with Crippen molar-refractivity contribution in [3.8, 4) is 0 Å². The summed E-state index contributed by atoms with van der Waals surface area (Å²) in [6.45, 7) is 2.79. The first-order valence-electron chi connectivity index (χ1n) is 4.94. The summed E-state index contributed by atoms with van der Waals surface area (Å²) in [5.74, 6) is 0.349. The van der Waals surface area contributed by atoms with E-state index in [0.29, 0.717) is 13.1 Å². The molecule has 1 N–H and O–H groups in total. The molecule has 0 radical (unpaired) electrons. The van der Waals surface area contributed by atoms with Crippen molar-refractivity contribution in [2.45, 2.75) is 20.0 Å². The van der Waals surface area contributed by atoms with Crippen LogP contribution in [0.2, 0.25) is 0 Å². The molecule has 1 aromatic rings. The lowest BCUT2D eigenvalue weighted by molar-refractivity contribution is 0.579. The van der Waals surface area contributed by atoms with E-state index in [-0.39, 0.29) is 11.5 Å². The van der Waals surface area contributed by atoms with Gasteiger partial charge in [0.05, 0.1) is 18.0 Å². The third-order valence-corrected chi connectivity index (χ3v) is 3.81. The zero-order chi connectivity index (χ0) is 11.3. The van der Waals surface area contributed by atoms with Gasteiger partial charge in [-0.3, -0.25) is 4.68 Å². The van der Waals surface area contributed by atoms with Crippen LogP contribution in [-0.4, -0.2) is 36.8 Å². The van der Waals surface area contributed by atoms with Crippen molar-refractivity contribution < 1.29 is 8.42 Å². The van der Waals surface area contributed by atoms with Crippen LogP contribution in [0.4, 0.5) is 0 Å². The van der Waals surface area contributed by atoms with Crippen molar-refractivity contribution in [1.29, 1.82) is 0 Å². The monoisotopic (exact) mass is 231 g/mol. The summed E-state index contributed by atoms with van der Waals surface area (Å²) in [4.78, 5) is 0. The molecule has 0 atom stereocenters. The fourth-order valence-corrected chi connectivity index (χ4v) is 1.93. The smallest absolute Gasteiger partial charge is 0.151 e. The molecule has 86 valence electrons. The molecule has 1 heterocycles. The predicted octanol–water partition coefficient (Wildman–Crippen LogP) is 0.0372. The van der Waals surface area contributed by atoms with E-state index < -0.39 is 9.84 Å². The standard InChI is InChI=1S/C9H17N3O2S/c1-3-15(13,14)7-6-12-5-4-9(11-12)8-10-2/h4-5,10H,3,6-8H2,1-2H3. The summed E-state index contributed by atoms with van der Waals surface area (Å²) in [5.41, 5.74) is 0.923. The Morgan fingerprint density at radius 2 is 2.27 bits per heavy atom. The Morgan fingerprint density at radius 3 is 2.87 bits per heavy atom. The van der Waals surface area contributed by atoms with Crippen LogP contribution >= 0.6 is 0 Å². The molecule has 5 nitrogen and oxygen atoms in total. The van der Waals surface area contributed by atoms with Crippen molar-refractivity contribution in [2.24, 2.45) is 0 Å². The average molecular weight is 231 g/mol. The molecule has 6 heteroatoms. The number of hydrogen-bond donors (Lipinski definition) is 1. The molecule has 0 aliphatic heterocycles. The number of aryl methyl sites for hydroxylation is 1. The van der Waals surface area contributed by atoms with Gasteiger partial charge in [0.2, 0.25) is 0 Å². The molecule has 0 aliphatic rings. The Morgan fingerprint density at radius 1 is 1.53 bits per heavy atom. The molecule has 15 heavy (non-hydrogen) atoms. The van der Waals surface area contributed by atoms with E-state index in [1.807, 2.05) is 13.1 Å². The van der Waals surface area contributed by atoms with E-state index in [4.69, 9.17) is 0 Å². The van der Waals surface area contributed by atoms with Crippen LogP contribution in [0.15, 0.2) is 12.3 Å². The lowest BCUT2D eigenvalue weighted by Crippen LogP contribution is -2.15. The molecule has 0 saturated heterocycles. The highest BCUT2D eigenvalue weighted by atomic mass is 32.2. The molecule has 0 aromatic carbocycles. The van der Waals surface area contributed by atoms with Gasteiger partial charge in [0, 0.05) is 18.5 Å². The normalized spacial score (nSPS) is 11.9. The summed E-state index contributed by atoms with van der Waals surface area (Å²) < 4.78 is 24.2. The van der Waals surface area contributed by atoms with Crippen molar-refractivity contribution in [3.63, 3.8) is 0 Å². The minimum atomic E-state index is -2.90. The predicted molar refractivity (Wildman–Crippen MR) is 59.3 cm³/mol. The quantitative estimate of drug-likeness (QED) is 0.750. The number of nitrogens with one attached hydrogen (secondary N) is 1. The van der Waals surface area contributed by atoms with Gasteiger partial charge in [0.25, 0.3) is 0 Å². The van der Waals surface area contributed by atoms with Gasteiger partial charge in [-0.25, -0.2) is 8.42 Å². The molecule has 1 aromatic heterocycles. The first-order valence-corrected chi connectivity index (χ1v) is 6.77. The number of hydrogen-bond acceptors (Lipinski definition) is 4. The summed E-state index contributed by atoms with van der Waals surface area (Å²) in [7, 11) is -1.05. The molecule has 0 spiro atoms. The summed E-state index contributed by atoms with van der Waals surface area (Å²) >= 11 is 0. The number of nitrogens with zero attached hydrogens (tertiary/aromatic N) is 2. The Kier molecular flexibility index (Phi) is 4.28. The molecular formula is C9H17N3O2S. The van der Waals surface area contributed by atoms with Crippen LogP contribution in [0.1, 0.15) is 12.6 Å². The van der Waals surface area contributed by atoms with Crippen molar-refractivity contribution in [3.05, 3.63) is 18.0 Å². The van der Waals surface area contributed by atoms with Crippen LogP contribution in [0.25, 0.3) is 0 Å². The van der Waals surface area contributed by atoms with Crippen molar-refractivity contribution >= 4 is 9.84 Å². The molecule has 0 aliphatic carbocycles. The first-order chi connectivity index (χ1) is 7.07. The van der Waals surface area contributed by atoms with Crippen molar-refractivity contribution in [2.75, 3.05) is 18.6 Å². The highest BCUT2D eigenvalue weighted by Gasteiger charge is 2.07. The Labute approximate surface area is 90.4 Å². The van der Waals surface area contributed by atoms with Crippen LogP contribution < -0.4 is 5.32 Å². The van der Waals surface area contributed by atoms with E-state index in [1.165, 1.54) is 0 Å². The van der Waals surface area contributed by atoms with Gasteiger partial charge in [0.15, 0.2) is 9.84 Å². The maximum absolute atomic E-state index is 11.3. The second-order valence-electron chi connectivity index (χ2n) is 3.34. The van der Waals surface area contributed by atoms with Gasteiger partial charge < -0.3 is 5.32 Å². The Balaban J connectivity index is 2.51. The van der Waals surface area contributed by atoms with E-state index in [9.17, 15) is 8.42 Å². The third kappa shape index (κ3) is 4.01. The highest BCUT2D eigenvalue weighted by Crippen LogP contribution is 1.97. The zero-order valence-electron chi connectivity index (χ0n) is 9.10. The Bertz CT molecular complexity index is 397. The Hall–Kier alpha value is -0.880. The van der Waals surface area contributed by atoms with E-state index in [0.717, 1.165) is 5.69 Å². The molecule has 0 bridgehead atoms. The number of sulfone groups is 1. The van der Waals surface area contributed by atoms with Gasteiger partial charge in [-0.2, -0.15) is 5.10 Å². The van der Waals surface area contributed by atoms with Crippen LogP contribution in [-0.2, 0) is 22.9 Å². The van der Waals surface area contributed by atoms with Gasteiger partial charge in [-0.05, 0) is 13.1 Å². The third-order valence-electron chi connectivity index (χ3n) is 2.13. The maximum atomic E-state index is 11.3. The van der Waals surface area contributed by atoms with Gasteiger partial charge in [-0.1, -0.05) is 6.92 Å². The minimum Gasteiger partial charge on any atom is -0.314 e. The van der Waals surface area contributed by atoms with E-state index in [1.54, 1.807) is 17.8 Å². The molecule has 0 fully saturated rings. The molecule has 0 amide bonds. The number of aromatic nitrogens is 2. The topological polar surface area (TPSA) is 64.0 Å². The second-order valence-corrected chi connectivity index (χ2v) is 5.81. The first kappa shape index (κ1) is 12.2. The lowest BCUT2D eigenvalue weighted by atomic mass is 10.4. The molecule has 0 unspecified atom stereocenters. The van der Waals surface area contributed by atoms with Crippen molar-refractivity contribution in [1.82, 2.24) is 15.1 Å². The summed E-state index contributed by atoms with van der Waals surface area (Å²) in [6.07, 6.45) is 1.80. The highest BCUT2D eigenvalue weighted by molar-refractivity contribution is 7.91. The lowest BCUT2D eigenvalue weighted by Gasteiger charge is -2.01. The minimum absolute atomic E-state index is 0.157. The fourth-order valence-electron chi connectivity index (χ4n) is 1.18. The van der Waals surface area contributed by atoms with Gasteiger partial charge in [0.1, 0.15) is 0 Å². The van der Waals surface area contributed by atoms with Crippen LogP contribution in [0.3, 0.4) is 0 Å². The maximum Gasteiger partial charge on any atom is 0.151 e. The van der Waals surface area contributed by atoms with Gasteiger partial charge >= 0.3 is 0 Å². The second kappa shape index (κ2) is 5.27. The fraction of sp³-hybridized carbons (Fsp3) is 0.667. The number of rotatable bonds is 6. The molecular weight excluding hydrogens is 214 g/mol. The summed E-state index contributed by atoms with van der Waals surface area (Å²) in [6, 6.07) is 1.88. The summed E-state index contributed by atoms with van der Waals surface area (Å²) in [5, 5.41) is 7.21. The SMILES string of the molecule is CCS(=O)(=O)CCn1ccc(CNC)n1. The van der Waals surface area contributed by atoms with E-state index >= 15 is 0 Å². The van der Waals surface area contributed by atoms with Crippen LogP contribution in [0.5, 0.6) is 0 Å². The average Bonchev–Trinajstić information content (AvgIpc) is 2.64.